The fourth-order valence-electron chi connectivity index (χ4n) is 3.57. The monoisotopic (exact) mass is 280 g/mol. The minimum Gasteiger partial charge on any atom is -0.381 e. The molecular weight excluding hydrogens is 260 g/mol. The van der Waals surface area contributed by atoms with Gasteiger partial charge in [-0.1, -0.05) is 19.3 Å². The molecule has 1 N–H and O–H groups in total. The van der Waals surface area contributed by atoms with Crippen LogP contribution in [-0.4, -0.2) is 42.0 Å². The summed E-state index contributed by atoms with van der Waals surface area (Å²) in [7, 11) is 1.63. The molecule has 2 saturated carbocycles. The van der Waals surface area contributed by atoms with E-state index < -0.39 is 17.4 Å². The summed E-state index contributed by atoms with van der Waals surface area (Å²) in [5, 5.41) is 2.39. The van der Waals surface area contributed by atoms with Gasteiger partial charge in [0.15, 0.2) is 0 Å². The second-order valence-corrected chi connectivity index (χ2v) is 6.06. The van der Waals surface area contributed by atoms with Gasteiger partial charge in [-0.3, -0.25) is 19.8 Å². The Labute approximate surface area is 117 Å². The average Bonchev–Trinajstić information content (AvgIpc) is 2.40. The third-order valence-electron chi connectivity index (χ3n) is 4.98. The van der Waals surface area contributed by atoms with Crippen molar-refractivity contribution in [3.05, 3.63) is 0 Å². The van der Waals surface area contributed by atoms with Crippen molar-refractivity contribution in [3.8, 4) is 0 Å². The van der Waals surface area contributed by atoms with Crippen LogP contribution in [-0.2, 0) is 14.3 Å². The molecule has 6 heteroatoms. The van der Waals surface area contributed by atoms with Crippen LogP contribution in [0.1, 0.15) is 44.9 Å². The highest BCUT2D eigenvalue weighted by Gasteiger charge is 2.56. The van der Waals surface area contributed by atoms with Gasteiger partial charge in [0.25, 0.3) is 0 Å². The SMILES string of the molecule is COC1CC(N2C(=O)NC(=O)C3(CCCCC3)C2=O)C1. The standard InChI is InChI=1S/C14H20N2O4/c1-20-10-7-9(8-10)16-12(18)14(5-3-2-4-6-14)11(17)15-13(16)19/h9-10H,2-8H2,1H3,(H,15,17,19). The summed E-state index contributed by atoms with van der Waals surface area (Å²) in [6.07, 6.45) is 5.34. The molecule has 0 aromatic rings. The Morgan fingerprint density at radius 3 is 2.40 bits per heavy atom. The summed E-state index contributed by atoms with van der Waals surface area (Å²) in [6, 6.07) is -0.685. The van der Waals surface area contributed by atoms with E-state index in [0.717, 1.165) is 19.3 Å². The van der Waals surface area contributed by atoms with Crippen LogP contribution in [0, 0.1) is 5.41 Å². The van der Waals surface area contributed by atoms with Gasteiger partial charge in [-0.25, -0.2) is 4.79 Å². The van der Waals surface area contributed by atoms with Crippen LogP contribution in [0.5, 0.6) is 0 Å². The number of nitrogens with zero attached hydrogens (tertiary/aromatic N) is 1. The molecule has 2 aliphatic carbocycles. The summed E-state index contributed by atoms with van der Waals surface area (Å²) in [6.45, 7) is 0. The van der Waals surface area contributed by atoms with Crippen molar-refractivity contribution in [1.82, 2.24) is 10.2 Å². The van der Waals surface area contributed by atoms with E-state index in [9.17, 15) is 14.4 Å². The van der Waals surface area contributed by atoms with Crippen LogP contribution in [0.25, 0.3) is 0 Å². The molecule has 1 aliphatic heterocycles. The Morgan fingerprint density at radius 2 is 1.80 bits per heavy atom. The first kappa shape index (κ1) is 13.5. The van der Waals surface area contributed by atoms with Crippen molar-refractivity contribution in [2.24, 2.45) is 5.41 Å². The van der Waals surface area contributed by atoms with E-state index in [2.05, 4.69) is 5.32 Å². The number of rotatable bonds is 2. The average molecular weight is 280 g/mol. The van der Waals surface area contributed by atoms with Crippen LogP contribution in [0.15, 0.2) is 0 Å². The number of nitrogens with one attached hydrogen (secondary N) is 1. The number of carbonyl (C=O) groups excluding carboxylic acids is 3. The Bertz CT molecular complexity index is 450. The molecule has 3 fully saturated rings. The summed E-state index contributed by atoms with van der Waals surface area (Å²) in [5.74, 6) is -0.684. The number of ether oxygens (including phenoxy) is 1. The lowest BCUT2D eigenvalue weighted by molar-refractivity contribution is -0.158. The normalized spacial score (nSPS) is 33.0. The Hall–Kier alpha value is -1.43. The van der Waals surface area contributed by atoms with Crippen LogP contribution in [0.3, 0.4) is 0 Å². The molecule has 3 rings (SSSR count). The number of barbiturate groups is 1. The van der Waals surface area contributed by atoms with Crippen molar-refractivity contribution in [2.45, 2.75) is 57.1 Å². The molecule has 0 atom stereocenters. The molecule has 1 saturated heterocycles. The van der Waals surface area contributed by atoms with Gasteiger partial charge < -0.3 is 4.74 Å². The van der Waals surface area contributed by atoms with Gasteiger partial charge in [0, 0.05) is 13.2 Å². The highest BCUT2D eigenvalue weighted by atomic mass is 16.5. The van der Waals surface area contributed by atoms with Crippen LogP contribution < -0.4 is 5.32 Å². The van der Waals surface area contributed by atoms with Crippen molar-refractivity contribution in [2.75, 3.05) is 7.11 Å². The van der Waals surface area contributed by atoms with E-state index in [-0.39, 0.29) is 18.1 Å². The van der Waals surface area contributed by atoms with Gasteiger partial charge in [0.2, 0.25) is 11.8 Å². The summed E-state index contributed by atoms with van der Waals surface area (Å²) >= 11 is 0. The number of amides is 4. The molecule has 6 nitrogen and oxygen atoms in total. The van der Waals surface area contributed by atoms with Crippen molar-refractivity contribution >= 4 is 17.8 Å². The second-order valence-electron chi connectivity index (χ2n) is 6.06. The largest absolute Gasteiger partial charge is 0.381 e. The molecule has 20 heavy (non-hydrogen) atoms. The summed E-state index contributed by atoms with van der Waals surface area (Å²) < 4.78 is 5.20. The van der Waals surface area contributed by atoms with Gasteiger partial charge in [0.05, 0.1) is 6.10 Å². The highest BCUT2D eigenvalue weighted by molar-refractivity contribution is 6.19. The predicted octanol–water partition coefficient (Wildman–Crippen LogP) is 1.19. The first-order valence-electron chi connectivity index (χ1n) is 7.30. The third kappa shape index (κ3) is 1.85. The quantitative estimate of drug-likeness (QED) is 0.771. The molecule has 0 bridgehead atoms. The number of methoxy groups -OCH3 is 1. The van der Waals surface area contributed by atoms with E-state index >= 15 is 0 Å². The van der Waals surface area contributed by atoms with Gasteiger partial charge in [-0.05, 0) is 25.7 Å². The minimum absolute atomic E-state index is 0.112. The Balaban J connectivity index is 1.82. The predicted molar refractivity (Wildman–Crippen MR) is 69.7 cm³/mol. The molecule has 0 radical (unpaired) electrons. The third-order valence-corrected chi connectivity index (χ3v) is 4.98. The van der Waals surface area contributed by atoms with Crippen LogP contribution in [0.4, 0.5) is 4.79 Å². The van der Waals surface area contributed by atoms with E-state index in [4.69, 9.17) is 4.74 Å². The maximum atomic E-state index is 12.8. The lowest BCUT2D eigenvalue weighted by Crippen LogP contribution is -2.68. The first-order valence-corrected chi connectivity index (χ1v) is 7.30. The zero-order valence-electron chi connectivity index (χ0n) is 11.7. The lowest BCUT2D eigenvalue weighted by Gasteiger charge is -2.47. The number of imide groups is 2. The lowest BCUT2D eigenvalue weighted by atomic mass is 9.70. The van der Waals surface area contributed by atoms with Gasteiger partial charge in [-0.15, -0.1) is 0 Å². The summed E-state index contributed by atoms with van der Waals surface area (Å²) in [5.41, 5.74) is -0.996. The van der Waals surface area contributed by atoms with E-state index in [1.807, 2.05) is 0 Å². The van der Waals surface area contributed by atoms with Crippen molar-refractivity contribution in [1.29, 1.82) is 0 Å². The number of urea groups is 1. The van der Waals surface area contributed by atoms with E-state index in [0.29, 0.717) is 25.7 Å². The van der Waals surface area contributed by atoms with Gasteiger partial charge in [0.1, 0.15) is 5.41 Å². The smallest absolute Gasteiger partial charge is 0.331 e. The van der Waals surface area contributed by atoms with Gasteiger partial charge in [-0.2, -0.15) is 0 Å². The fourth-order valence-corrected chi connectivity index (χ4v) is 3.57. The molecule has 0 aromatic heterocycles. The van der Waals surface area contributed by atoms with E-state index in [1.165, 1.54) is 4.90 Å². The molecule has 0 unspecified atom stereocenters. The molecule has 4 amide bonds. The van der Waals surface area contributed by atoms with Gasteiger partial charge >= 0.3 is 6.03 Å². The maximum absolute atomic E-state index is 12.8. The topological polar surface area (TPSA) is 75.7 Å². The van der Waals surface area contributed by atoms with Crippen molar-refractivity contribution < 1.29 is 19.1 Å². The molecule has 1 heterocycles. The fraction of sp³-hybridized carbons (Fsp3) is 0.786. The zero-order valence-corrected chi connectivity index (χ0v) is 11.7. The van der Waals surface area contributed by atoms with Crippen LogP contribution in [0.2, 0.25) is 0 Å². The molecule has 110 valence electrons. The van der Waals surface area contributed by atoms with Crippen molar-refractivity contribution in [3.63, 3.8) is 0 Å². The Kier molecular flexibility index (Phi) is 3.28. The minimum atomic E-state index is -0.996. The molecule has 3 aliphatic rings. The Morgan fingerprint density at radius 1 is 1.15 bits per heavy atom. The molecule has 0 aromatic carbocycles. The van der Waals surface area contributed by atoms with Crippen LogP contribution >= 0.6 is 0 Å². The van der Waals surface area contributed by atoms with E-state index in [1.54, 1.807) is 7.11 Å². The summed E-state index contributed by atoms with van der Waals surface area (Å²) in [4.78, 5) is 38.2. The molecule has 1 spiro atoms. The second kappa shape index (κ2) is 4.84. The first-order chi connectivity index (χ1) is 9.58. The molecular formula is C14H20N2O4. The number of carbonyl (C=O) groups is 3. The number of hydrogen-bond acceptors (Lipinski definition) is 4. The zero-order chi connectivity index (χ0) is 14.3. The number of hydrogen-bond donors (Lipinski definition) is 1. The maximum Gasteiger partial charge on any atom is 0.331 e. The highest BCUT2D eigenvalue weighted by Crippen LogP contribution is 2.42.